The Morgan fingerprint density at radius 1 is 1.39 bits per heavy atom. The van der Waals surface area contributed by atoms with Crippen LogP contribution in [-0.2, 0) is 13.5 Å². The van der Waals surface area contributed by atoms with Crippen LogP contribution in [0.25, 0.3) is 0 Å². The van der Waals surface area contributed by atoms with Gasteiger partial charge in [-0.15, -0.1) is 10.2 Å². The molecule has 1 aliphatic rings. The number of carbonyl (C=O) groups is 1. The Balaban J connectivity index is 1.54. The Labute approximate surface area is 139 Å². The van der Waals surface area contributed by atoms with Crippen molar-refractivity contribution < 1.29 is 4.79 Å². The number of hydrogen-bond acceptors (Lipinski definition) is 5. The first-order chi connectivity index (χ1) is 10.9. The molecule has 0 saturated heterocycles. The van der Waals surface area contributed by atoms with E-state index in [0.717, 1.165) is 22.8 Å². The molecule has 0 aliphatic heterocycles. The van der Waals surface area contributed by atoms with E-state index >= 15 is 0 Å². The first kappa shape index (κ1) is 15.9. The van der Waals surface area contributed by atoms with E-state index in [4.69, 9.17) is 0 Å². The molecule has 0 radical (unpaired) electrons. The van der Waals surface area contributed by atoms with Crippen LogP contribution in [0.15, 0.2) is 0 Å². The van der Waals surface area contributed by atoms with Crippen molar-refractivity contribution in [2.24, 2.45) is 7.05 Å². The van der Waals surface area contributed by atoms with Crippen LogP contribution in [-0.4, -0.2) is 32.1 Å². The largest absolute Gasteiger partial charge is 0.335 e. The smallest absolute Gasteiger partial charge is 0.321 e. The molecule has 1 aliphatic carbocycles. The van der Waals surface area contributed by atoms with Gasteiger partial charge in [-0.25, -0.2) is 4.79 Å². The molecule has 124 valence electrons. The molecule has 0 spiro atoms. The predicted molar refractivity (Wildman–Crippen MR) is 89.9 cm³/mol. The molecule has 2 N–H and O–H groups in total. The van der Waals surface area contributed by atoms with E-state index in [1.165, 1.54) is 29.7 Å². The topological polar surface area (TPSA) is 84.7 Å². The van der Waals surface area contributed by atoms with Crippen molar-refractivity contribution in [2.45, 2.75) is 52.0 Å². The van der Waals surface area contributed by atoms with E-state index in [1.54, 1.807) is 0 Å². The number of carbonyl (C=O) groups excluding carboxylic acids is 1. The van der Waals surface area contributed by atoms with Crippen LogP contribution < -0.4 is 10.6 Å². The Morgan fingerprint density at radius 3 is 2.74 bits per heavy atom. The number of amides is 2. The lowest BCUT2D eigenvalue weighted by Gasteiger charge is -2.14. The maximum atomic E-state index is 12.1. The van der Waals surface area contributed by atoms with Gasteiger partial charge in [-0.3, -0.25) is 10.00 Å². The van der Waals surface area contributed by atoms with Crippen molar-refractivity contribution in [1.29, 1.82) is 0 Å². The maximum absolute atomic E-state index is 12.1. The molecule has 2 amide bonds. The lowest BCUT2D eigenvalue weighted by atomic mass is 10.1. The molecule has 1 saturated carbocycles. The molecule has 1 fully saturated rings. The van der Waals surface area contributed by atoms with Crippen molar-refractivity contribution in [3.8, 4) is 0 Å². The van der Waals surface area contributed by atoms with E-state index in [0.29, 0.717) is 11.0 Å². The van der Waals surface area contributed by atoms with Crippen LogP contribution in [0.4, 0.5) is 9.93 Å². The molecule has 8 heteroatoms. The summed E-state index contributed by atoms with van der Waals surface area (Å²) >= 11 is 1.46. The summed E-state index contributed by atoms with van der Waals surface area (Å²) in [6, 6.07) is -0.234. The second-order valence-electron chi connectivity index (χ2n) is 6.20. The van der Waals surface area contributed by atoms with Crippen molar-refractivity contribution in [1.82, 2.24) is 25.3 Å². The molecule has 2 aromatic rings. The summed E-state index contributed by atoms with van der Waals surface area (Å²) in [5, 5.41) is 19.9. The zero-order valence-corrected chi connectivity index (χ0v) is 14.7. The van der Waals surface area contributed by atoms with Crippen LogP contribution in [0.2, 0.25) is 0 Å². The molecular formula is C15H22N6OS. The summed E-state index contributed by atoms with van der Waals surface area (Å²) in [7, 11) is 1.93. The molecule has 2 heterocycles. The fourth-order valence-corrected chi connectivity index (χ4v) is 3.51. The number of aromatic nitrogens is 4. The van der Waals surface area contributed by atoms with Gasteiger partial charge in [-0.2, -0.15) is 5.10 Å². The number of hydrogen-bond donors (Lipinski definition) is 2. The Bertz CT molecular complexity index is 718. The molecule has 23 heavy (non-hydrogen) atoms. The highest BCUT2D eigenvalue weighted by atomic mass is 32.1. The number of urea groups is 1. The third-order valence-corrected chi connectivity index (χ3v) is 5.14. The third-order valence-electron chi connectivity index (χ3n) is 4.13. The fraction of sp³-hybridized carbons (Fsp3) is 0.600. The van der Waals surface area contributed by atoms with Gasteiger partial charge in [-0.05, 0) is 45.6 Å². The number of rotatable bonds is 5. The fourth-order valence-electron chi connectivity index (χ4n) is 2.61. The monoisotopic (exact) mass is 334 g/mol. The first-order valence-corrected chi connectivity index (χ1v) is 8.65. The van der Waals surface area contributed by atoms with Gasteiger partial charge in [0, 0.05) is 24.7 Å². The van der Waals surface area contributed by atoms with Crippen molar-refractivity contribution in [3.05, 3.63) is 22.0 Å². The second kappa shape index (κ2) is 6.27. The Morgan fingerprint density at radius 2 is 2.13 bits per heavy atom. The van der Waals surface area contributed by atoms with Crippen LogP contribution in [0.1, 0.15) is 47.6 Å². The van der Waals surface area contributed by atoms with Gasteiger partial charge in [0.15, 0.2) is 0 Å². The highest BCUT2D eigenvalue weighted by Gasteiger charge is 2.27. The van der Waals surface area contributed by atoms with E-state index < -0.39 is 0 Å². The average molecular weight is 334 g/mol. The van der Waals surface area contributed by atoms with Gasteiger partial charge >= 0.3 is 6.03 Å². The van der Waals surface area contributed by atoms with E-state index in [2.05, 4.69) is 25.9 Å². The Hall–Kier alpha value is -1.96. The van der Waals surface area contributed by atoms with Gasteiger partial charge in [0.2, 0.25) is 5.13 Å². The molecule has 0 unspecified atom stereocenters. The van der Waals surface area contributed by atoms with Crippen molar-refractivity contribution in [3.63, 3.8) is 0 Å². The van der Waals surface area contributed by atoms with Gasteiger partial charge in [0.1, 0.15) is 5.01 Å². The van der Waals surface area contributed by atoms with Gasteiger partial charge in [0.05, 0.1) is 5.69 Å². The van der Waals surface area contributed by atoms with Gasteiger partial charge in [0.25, 0.3) is 0 Å². The highest BCUT2D eigenvalue weighted by molar-refractivity contribution is 7.15. The molecule has 7 nitrogen and oxygen atoms in total. The first-order valence-electron chi connectivity index (χ1n) is 7.84. The normalized spacial score (nSPS) is 15.5. The van der Waals surface area contributed by atoms with Crippen LogP contribution in [0.3, 0.4) is 0 Å². The molecule has 0 aromatic carbocycles. The minimum Gasteiger partial charge on any atom is -0.335 e. The van der Waals surface area contributed by atoms with Crippen LogP contribution >= 0.6 is 11.3 Å². The average Bonchev–Trinajstić information content (AvgIpc) is 3.19. The number of nitrogens with zero attached hydrogens (tertiary/aromatic N) is 4. The standard InChI is InChI=1S/C15H22N6OS/c1-8(7-12-9(2)20-21(4)10(12)3)16-14(22)17-15-19-18-13(23-15)11-5-6-11/h8,11H,5-7H2,1-4H3,(H2,16,17,19,22)/t8-/m1/s1. The lowest BCUT2D eigenvalue weighted by Crippen LogP contribution is -2.37. The predicted octanol–water partition coefficient (Wildman–Crippen LogP) is 2.52. The second-order valence-corrected chi connectivity index (χ2v) is 7.21. The number of anilines is 1. The zero-order valence-electron chi connectivity index (χ0n) is 13.9. The third kappa shape index (κ3) is 3.69. The summed E-state index contributed by atoms with van der Waals surface area (Å²) < 4.78 is 1.87. The van der Waals surface area contributed by atoms with Crippen molar-refractivity contribution >= 4 is 22.5 Å². The minimum absolute atomic E-state index is 0.00687. The highest BCUT2D eigenvalue weighted by Crippen LogP contribution is 2.41. The summed E-state index contributed by atoms with van der Waals surface area (Å²) in [5.41, 5.74) is 3.33. The Kier molecular flexibility index (Phi) is 4.34. The van der Waals surface area contributed by atoms with E-state index in [-0.39, 0.29) is 12.1 Å². The number of aryl methyl sites for hydroxylation is 2. The number of nitrogens with one attached hydrogen (secondary N) is 2. The maximum Gasteiger partial charge on any atom is 0.321 e. The van der Waals surface area contributed by atoms with Crippen LogP contribution in [0, 0.1) is 13.8 Å². The quantitative estimate of drug-likeness (QED) is 0.880. The van der Waals surface area contributed by atoms with E-state index in [9.17, 15) is 4.79 Å². The molecule has 2 aromatic heterocycles. The van der Waals surface area contributed by atoms with Gasteiger partial charge in [-0.1, -0.05) is 11.3 Å². The summed E-state index contributed by atoms with van der Waals surface area (Å²) in [6.07, 6.45) is 3.12. The summed E-state index contributed by atoms with van der Waals surface area (Å²) in [4.78, 5) is 12.1. The summed E-state index contributed by atoms with van der Waals surface area (Å²) in [5.74, 6) is 0.557. The zero-order chi connectivity index (χ0) is 16.6. The summed E-state index contributed by atoms with van der Waals surface area (Å²) in [6.45, 7) is 6.03. The molecule has 1 atom stereocenters. The van der Waals surface area contributed by atoms with Crippen LogP contribution in [0.5, 0.6) is 0 Å². The SMILES string of the molecule is Cc1nn(C)c(C)c1C[C@@H](C)NC(=O)Nc1nnc(C2CC2)s1. The lowest BCUT2D eigenvalue weighted by molar-refractivity contribution is 0.249. The van der Waals surface area contributed by atoms with Gasteiger partial charge < -0.3 is 5.32 Å². The minimum atomic E-state index is -0.241. The van der Waals surface area contributed by atoms with Crippen molar-refractivity contribution in [2.75, 3.05) is 5.32 Å². The van der Waals surface area contributed by atoms with E-state index in [1.807, 2.05) is 32.5 Å². The molecule has 3 rings (SSSR count). The molecule has 0 bridgehead atoms. The molecular weight excluding hydrogens is 312 g/mol.